The predicted molar refractivity (Wildman–Crippen MR) is 101 cm³/mol. The molecule has 0 aliphatic carbocycles. The number of hydrogen-bond donors (Lipinski definition) is 0. The molecule has 1 amide bonds. The third kappa shape index (κ3) is 4.81. The molecular formula is C18H13ClF2N2OS2. The van der Waals surface area contributed by atoms with Gasteiger partial charge in [-0.05, 0) is 29.8 Å². The van der Waals surface area contributed by atoms with E-state index in [2.05, 4.69) is 4.99 Å². The molecule has 134 valence electrons. The summed E-state index contributed by atoms with van der Waals surface area (Å²) >= 11 is 8.62. The van der Waals surface area contributed by atoms with E-state index in [0.717, 1.165) is 29.5 Å². The van der Waals surface area contributed by atoms with E-state index in [1.54, 1.807) is 0 Å². The molecule has 3 aromatic rings. The number of halogens is 3. The molecule has 1 heterocycles. The molecule has 8 heteroatoms. The van der Waals surface area contributed by atoms with Gasteiger partial charge >= 0.3 is 0 Å². The number of benzene rings is 2. The van der Waals surface area contributed by atoms with Crippen molar-refractivity contribution in [2.45, 2.75) is 11.4 Å². The van der Waals surface area contributed by atoms with Crippen molar-refractivity contribution in [2.75, 3.05) is 5.75 Å². The Morgan fingerprint density at radius 2 is 2.00 bits per heavy atom. The van der Waals surface area contributed by atoms with Crippen molar-refractivity contribution < 1.29 is 13.6 Å². The number of thioether (sulfide) groups is 1. The van der Waals surface area contributed by atoms with Gasteiger partial charge in [-0.2, -0.15) is 4.99 Å². The van der Waals surface area contributed by atoms with Gasteiger partial charge in [-0.1, -0.05) is 29.8 Å². The predicted octanol–water partition coefficient (Wildman–Crippen LogP) is 4.75. The van der Waals surface area contributed by atoms with Crippen molar-refractivity contribution in [3.8, 4) is 0 Å². The van der Waals surface area contributed by atoms with Crippen molar-refractivity contribution in [1.29, 1.82) is 0 Å². The molecule has 26 heavy (non-hydrogen) atoms. The summed E-state index contributed by atoms with van der Waals surface area (Å²) in [5.74, 6) is -2.16. The Morgan fingerprint density at radius 3 is 2.77 bits per heavy atom. The van der Waals surface area contributed by atoms with E-state index < -0.39 is 11.6 Å². The Balaban J connectivity index is 1.70. The SMILES string of the molecule is O=C(CSc1ccc(F)c(F)c1)N=c1sccn1Cc1ccccc1Cl. The van der Waals surface area contributed by atoms with Gasteiger partial charge in [0.15, 0.2) is 16.4 Å². The number of carbonyl (C=O) groups excluding carboxylic acids is 1. The molecule has 0 fully saturated rings. The number of rotatable bonds is 5. The first kappa shape index (κ1) is 18.8. The minimum absolute atomic E-state index is 0.0368. The van der Waals surface area contributed by atoms with Gasteiger partial charge in [0.2, 0.25) is 0 Å². The molecule has 0 saturated heterocycles. The van der Waals surface area contributed by atoms with Gasteiger partial charge in [0.05, 0.1) is 12.3 Å². The lowest BCUT2D eigenvalue weighted by Crippen LogP contribution is -2.17. The first-order valence-corrected chi connectivity index (χ1v) is 9.80. The first-order valence-electron chi connectivity index (χ1n) is 7.55. The minimum atomic E-state index is -0.935. The molecular weight excluding hydrogens is 398 g/mol. The van der Waals surface area contributed by atoms with Gasteiger partial charge in [0.25, 0.3) is 5.91 Å². The molecule has 0 atom stereocenters. The highest BCUT2D eigenvalue weighted by molar-refractivity contribution is 8.00. The zero-order valence-corrected chi connectivity index (χ0v) is 15.8. The highest BCUT2D eigenvalue weighted by Crippen LogP contribution is 2.20. The second-order valence-corrected chi connectivity index (χ2v) is 7.60. The highest BCUT2D eigenvalue weighted by atomic mass is 35.5. The second kappa shape index (κ2) is 8.62. The van der Waals surface area contributed by atoms with Crippen LogP contribution in [-0.4, -0.2) is 16.2 Å². The lowest BCUT2D eigenvalue weighted by molar-refractivity contribution is -0.115. The zero-order valence-electron chi connectivity index (χ0n) is 13.4. The quantitative estimate of drug-likeness (QED) is 0.569. The van der Waals surface area contributed by atoms with Crippen molar-refractivity contribution in [2.24, 2.45) is 4.99 Å². The maximum atomic E-state index is 13.2. The van der Waals surface area contributed by atoms with Crippen molar-refractivity contribution >= 4 is 40.6 Å². The topological polar surface area (TPSA) is 34.4 Å². The maximum absolute atomic E-state index is 13.2. The highest BCUT2D eigenvalue weighted by Gasteiger charge is 2.07. The van der Waals surface area contributed by atoms with Gasteiger partial charge < -0.3 is 4.57 Å². The summed E-state index contributed by atoms with van der Waals surface area (Å²) in [4.78, 5) is 17.3. The molecule has 3 rings (SSSR count). The molecule has 0 saturated carbocycles. The number of thiazole rings is 1. The van der Waals surface area contributed by atoms with E-state index in [1.165, 1.54) is 17.4 Å². The molecule has 0 aliphatic heterocycles. The Labute approximate surface area is 162 Å². The van der Waals surface area contributed by atoms with Crippen LogP contribution in [0.1, 0.15) is 5.56 Å². The van der Waals surface area contributed by atoms with Crippen molar-refractivity contribution in [3.63, 3.8) is 0 Å². The third-order valence-corrected chi connectivity index (χ3v) is 5.57. The molecule has 3 nitrogen and oxygen atoms in total. The Bertz CT molecular complexity index is 1000. The van der Waals surface area contributed by atoms with Crippen LogP contribution in [-0.2, 0) is 11.3 Å². The van der Waals surface area contributed by atoms with E-state index in [4.69, 9.17) is 11.6 Å². The largest absolute Gasteiger partial charge is 0.319 e. The summed E-state index contributed by atoms with van der Waals surface area (Å²) in [6, 6.07) is 11.0. The van der Waals surface area contributed by atoms with E-state index >= 15 is 0 Å². The molecule has 0 aliphatic rings. The third-order valence-electron chi connectivity index (χ3n) is 3.43. The Morgan fingerprint density at radius 1 is 1.19 bits per heavy atom. The average Bonchev–Trinajstić information content (AvgIpc) is 3.05. The fourth-order valence-electron chi connectivity index (χ4n) is 2.17. The van der Waals surface area contributed by atoms with Gasteiger partial charge in [0, 0.05) is 21.5 Å². The molecule has 0 N–H and O–H groups in total. The smallest absolute Gasteiger partial charge is 0.258 e. The van der Waals surface area contributed by atoms with Crippen LogP contribution in [0.15, 0.2) is 63.9 Å². The standard InChI is InChI=1S/C18H13ClF2N2OS2/c19-14-4-2-1-3-12(14)10-23-7-8-25-18(23)22-17(24)11-26-13-5-6-15(20)16(21)9-13/h1-9H,10-11H2. The van der Waals surface area contributed by atoms with E-state index in [-0.39, 0.29) is 11.7 Å². The lowest BCUT2D eigenvalue weighted by atomic mass is 10.2. The summed E-state index contributed by atoms with van der Waals surface area (Å²) < 4.78 is 28.0. The number of nitrogens with zero attached hydrogens (tertiary/aromatic N) is 2. The summed E-state index contributed by atoms with van der Waals surface area (Å²) in [7, 11) is 0. The number of hydrogen-bond acceptors (Lipinski definition) is 3. The van der Waals surface area contributed by atoms with Crippen LogP contribution in [0.25, 0.3) is 0 Å². The monoisotopic (exact) mass is 410 g/mol. The number of aromatic nitrogens is 1. The minimum Gasteiger partial charge on any atom is -0.319 e. The Hall–Kier alpha value is -1.96. The van der Waals surface area contributed by atoms with E-state index in [9.17, 15) is 13.6 Å². The second-order valence-electron chi connectivity index (χ2n) is 5.28. The van der Waals surface area contributed by atoms with Gasteiger partial charge in [-0.3, -0.25) is 4.79 Å². The molecule has 0 bridgehead atoms. The first-order chi connectivity index (χ1) is 12.5. The average molecular weight is 411 g/mol. The summed E-state index contributed by atoms with van der Waals surface area (Å²) in [6.07, 6.45) is 1.84. The zero-order chi connectivity index (χ0) is 18.5. The van der Waals surface area contributed by atoms with E-state index in [0.29, 0.717) is 21.3 Å². The van der Waals surface area contributed by atoms with Crippen LogP contribution < -0.4 is 4.80 Å². The van der Waals surface area contributed by atoms with Crippen LogP contribution in [0, 0.1) is 11.6 Å². The van der Waals surface area contributed by atoms with E-state index in [1.807, 2.05) is 40.4 Å². The van der Waals surface area contributed by atoms with Crippen LogP contribution >= 0.6 is 34.7 Å². The lowest BCUT2D eigenvalue weighted by Gasteiger charge is -2.05. The van der Waals surface area contributed by atoms with Crippen LogP contribution in [0.4, 0.5) is 8.78 Å². The van der Waals surface area contributed by atoms with Crippen molar-refractivity contribution in [3.05, 3.63) is 81.1 Å². The summed E-state index contributed by atoms with van der Waals surface area (Å²) in [5, 5.41) is 2.49. The molecule has 2 aromatic carbocycles. The fourth-order valence-corrected chi connectivity index (χ4v) is 3.81. The van der Waals surface area contributed by atoms with Crippen LogP contribution in [0.3, 0.4) is 0 Å². The number of amides is 1. The Kier molecular flexibility index (Phi) is 6.24. The van der Waals surface area contributed by atoms with Gasteiger partial charge in [0.1, 0.15) is 0 Å². The van der Waals surface area contributed by atoms with Crippen LogP contribution in [0.5, 0.6) is 0 Å². The maximum Gasteiger partial charge on any atom is 0.258 e. The molecule has 1 aromatic heterocycles. The number of carbonyl (C=O) groups is 1. The summed E-state index contributed by atoms with van der Waals surface area (Å²) in [5.41, 5.74) is 0.928. The molecule has 0 radical (unpaired) electrons. The van der Waals surface area contributed by atoms with Crippen LogP contribution in [0.2, 0.25) is 5.02 Å². The van der Waals surface area contributed by atoms with Crippen molar-refractivity contribution in [1.82, 2.24) is 4.57 Å². The fraction of sp³-hybridized carbons (Fsp3) is 0.111. The van der Waals surface area contributed by atoms with Gasteiger partial charge in [-0.15, -0.1) is 23.1 Å². The van der Waals surface area contributed by atoms with Gasteiger partial charge in [-0.25, -0.2) is 8.78 Å². The summed E-state index contributed by atoms with van der Waals surface area (Å²) in [6.45, 7) is 0.506. The normalized spacial score (nSPS) is 11.7. The molecule has 0 unspecified atom stereocenters. The molecule has 0 spiro atoms.